The van der Waals surface area contributed by atoms with E-state index in [1.165, 1.54) is 5.56 Å². The molecule has 0 spiro atoms. The van der Waals surface area contributed by atoms with Gasteiger partial charge in [0.15, 0.2) is 0 Å². The molecule has 0 bridgehead atoms. The number of hydrogen-bond donors (Lipinski definition) is 0. The number of thioether (sulfide) groups is 2. The van der Waals surface area contributed by atoms with Gasteiger partial charge >= 0.3 is 0 Å². The van der Waals surface area contributed by atoms with Gasteiger partial charge in [-0.05, 0) is 29.2 Å². The van der Waals surface area contributed by atoms with Gasteiger partial charge in [-0.25, -0.2) is 0 Å². The summed E-state index contributed by atoms with van der Waals surface area (Å²) in [6.45, 7) is 4.39. The maximum absolute atomic E-state index is 5.97. The van der Waals surface area contributed by atoms with Gasteiger partial charge in [-0.15, -0.1) is 23.5 Å². The normalized spacial score (nSPS) is 10.9. The largest absolute Gasteiger partial charge is 0.143 e. The first kappa shape index (κ1) is 12.3. The average Bonchev–Trinajstić information content (AvgIpc) is 2.17. The zero-order valence-corrected chi connectivity index (χ0v) is 10.9. The highest BCUT2D eigenvalue weighted by molar-refractivity contribution is 8.16. The summed E-state index contributed by atoms with van der Waals surface area (Å²) >= 11 is 9.90. The summed E-state index contributed by atoms with van der Waals surface area (Å²) in [7, 11) is 0. The molecule has 0 saturated carbocycles. The first-order valence-electron chi connectivity index (χ1n) is 4.76. The second-order valence-corrected chi connectivity index (χ2v) is 6.30. The molecule has 14 heavy (non-hydrogen) atoms. The zero-order valence-electron chi connectivity index (χ0n) is 8.50. The molecule has 1 aromatic carbocycles. The van der Waals surface area contributed by atoms with E-state index in [9.17, 15) is 0 Å². The molecule has 1 rings (SSSR count). The first-order chi connectivity index (χ1) is 6.77. The fourth-order valence-electron chi connectivity index (χ4n) is 1.20. The Labute approximate surface area is 99.8 Å². The number of benzene rings is 1. The topological polar surface area (TPSA) is 0 Å². The maximum atomic E-state index is 5.97. The molecule has 0 aliphatic rings. The van der Waals surface area contributed by atoms with E-state index in [-0.39, 0.29) is 0 Å². The summed E-state index contributed by atoms with van der Waals surface area (Å²) in [5.74, 6) is 2.29. The van der Waals surface area contributed by atoms with Crippen LogP contribution < -0.4 is 0 Å². The summed E-state index contributed by atoms with van der Waals surface area (Å²) in [5, 5.41) is 0.834. The molecule has 78 valence electrons. The molecule has 0 N–H and O–H groups in total. The fraction of sp³-hybridized carbons (Fsp3) is 0.455. The third-order valence-corrected chi connectivity index (χ3v) is 4.63. The minimum absolute atomic E-state index is 0.531. The van der Waals surface area contributed by atoms with Crippen LogP contribution in [0.15, 0.2) is 24.3 Å². The van der Waals surface area contributed by atoms with Crippen LogP contribution in [0.25, 0.3) is 0 Å². The molecule has 0 nitrogen and oxygen atoms in total. The van der Waals surface area contributed by atoms with E-state index in [0.29, 0.717) is 4.58 Å². The minimum Gasteiger partial charge on any atom is -0.143 e. The van der Waals surface area contributed by atoms with Crippen molar-refractivity contribution < 1.29 is 0 Å². The van der Waals surface area contributed by atoms with Gasteiger partial charge in [-0.3, -0.25) is 0 Å². The molecular formula is C11H15ClS2. The van der Waals surface area contributed by atoms with Crippen molar-refractivity contribution in [1.82, 2.24) is 0 Å². The predicted octanol–water partition coefficient (Wildman–Crippen LogP) is 4.84. The predicted molar refractivity (Wildman–Crippen MR) is 70.5 cm³/mol. The van der Waals surface area contributed by atoms with Crippen LogP contribution in [0, 0.1) is 0 Å². The molecule has 1 aromatic rings. The van der Waals surface area contributed by atoms with Crippen LogP contribution >= 0.6 is 35.1 Å². The molecule has 0 heterocycles. The third-order valence-electron chi connectivity index (χ3n) is 1.76. The second kappa shape index (κ2) is 6.65. The molecule has 0 aromatic heterocycles. The number of rotatable bonds is 5. The van der Waals surface area contributed by atoms with Crippen LogP contribution in [0.3, 0.4) is 0 Å². The van der Waals surface area contributed by atoms with Crippen molar-refractivity contribution in [1.29, 1.82) is 0 Å². The van der Waals surface area contributed by atoms with Crippen LogP contribution in [0.4, 0.5) is 0 Å². The molecule has 3 heteroatoms. The van der Waals surface area contributed by atoms with E-state index < -0.39 is 0 Å². The van der Waals surface area contributed by atoms with Gasteiger partial charge in [0.05, 0.1) is 4.58 Å². The highest BCUT2D eigenvalue weighted by Crippen LogP contribution is 2.39. The van der Waals surface area contributed by atoms with Crippen molar-refractivity contribution >= 4 is 35.1 Å². The number of halogens is 1. The first-order valence-corrected chi connectivity index (χ1v) is 7.24. The summed E-state index contributed by atoms with van der Waals surface area (Å²) in [4.78, 5) is 0. The van der Waals surface area contributed by atoms with E-state index in [1.54, 1.807) is 0 Å². The Morgan fingerprint density at radius 1 is 1.21 bits per heavy atom. The molecule has 0 aliphatic carbocycles. The molecular weight excluding hydrogens is 232 g/mol. The van der Waals surface area contributed by atoms with Crippen LogP contribution in [0.2, 0.25) is 5.02 Å². The highest BCUT2D eigenvalue weighted by Gasteiger charge is 2.10. The molecule has 0 unspecified atom stereocenters. The van der Waals surface area contributed by atoms with E-state index in [4.69, 9.17) is 11.6 Å². The lowest BCUT2D eigenvalue weighted by Crippen LogP contribution is -1.90. The molecule has 0 radical (unpaired) electrons. The molecule has 0 amide bonds. The quantitative estimate of drug-likeness (QED) is 0.682. The Morgan fingerprint density at radius 2 is 1.86 bits per heavy atom. The Kier molecular flexibility index (Phi) is 5.83. The molecule has 0 atom stereocenters. The Balaban J connectivity index is 2.75. The van der Waals surface area contributed by atoms with Crippen molar-refractivity contribution in [2.75, 3.05) is 11.5 Å². The lowest BCUT2D eigenvalue weighted by Gasteiger charge is -2.14. The Bertz CT molecular complexity index is 270. The van der Waals surface area contributed by atoms with Gasteiger partial charge in [0.2, 0.25) is 0 Å². The fourth-order valence-corrected chi connectivity index (χ4v) is 3.88. The number of hydrogen-bond acceptors (Lipinski definition) is 2. The summed E-state index contributed by atoms with van der Waals surface area (Å²) in [6, 6.07) is 8.17. The standard InChI is InChI=1S/C11H15ClS2/c1-3-13-11(14-4-2)9-6-5-7-10(12)8-9/h5-8,11H,3-4H2,1-2H3. The van der Waals surface area contributed by atoms with Crippen molar-refractivity contribution in [3.8, 4) is 0 Å². The monoisotopic (exact) mass is 246 g/mol. The van der Waals surface area contributed by atoms with Crippen LogP contribution in [-0.4, -0.2) is 11.5 Å². The van der Waals surface area contributed by atoms with Crippen molar-refractivity contribution in [3.63, 3.8) is 0 Å². The van der Waals surface area contributed by atoms with Crippen molar-refractivity contribution in [3.05, 3.63) is 34.9 Å². The Morgan fingerprint density at radius 3 is 2.36 bits per heavy atom. The zero-order chi connectivity index (χ0) is 10.4. The van der Waals surface area contributed by atoms with E-state index in [0.717, 1.165) is 16.5 Å². The molecule has 0 fully saturated rings. The van der Waals surface area contributed by atoms with Gasteiger partial charge in [-0.1, -0.05) is 37.6 Å². The maximum Gasteiger partial charge on any atom is 0.0751 e. The van der Waals surface area contributed by atoms with Crippen molar-refractivity contribution in [2.24, 2.45) is 0 Å². The molecule has 0 saturated heterocycles. The summed E-state index contributed by atoms with van der Waals surface area (Å²) in [5.41, 5.74) is 1.33. The van der Waals surface area contributed by atoms with Crippen LogP contribution in [0.5, 0.6) is 0 Å². The second-order valence-electron chi connectivity index (χ2n) is 2.80. The highest BCUT2D eigenvalue weighted by atomic mass is 35.5. The van der Waals surface area contributed by atoms with E-state index in [1.807, 2.05) is 35.7 Å². The van der Waals surface area contributed by atoms with E-state index in [2.05, 4.69) is 26.0 Å². The van der Waals surface area contributed by atoms with E-state index >= 15 is 0 Å². The Hall–Kier alpha value is 0.210. The third kappa shape index (κ3) is 3.76. The smallest absolute Gasteiger partial charge is 0.0751 e. The minimum atomic E-state index is 0.531. The average molecular weight is 247 g/mol. The lowest BCUT2D eigenvalue weighted by atomic mass is 10.2. The lowest BCUT2D eigenvalue weighted by molar-refractivity contribution is 1.35. The van der Waals surface area contributed by atoms with Gasteiger partial charge in [0.25, 0.3) is 0 Å². The van der Waals surface area contributed by atoms with Gasteiger partial charge < -0.3 is 0 Å². The molecule has 0 aliphatic heterocycles. The summed E-state index contributed by atoms with van der Waals surface area (Å²) < 4.78 is 0.531. The SMILES string of the molecule is CCSC(SCC)c1cccc(Cl)c1. The van der Waals surface area contributed by atoms with Crippen LogP contribution in [-0.2, 0) is 0 Å². The van der Waals surface area contributed by atoms with Gasteiger partial charge in [0, 0.05) is 5.02 Å². The summed E-state index contributed by atoms with van der Waals surface area (Å²) in [6.07, 6.45) is 0. The van der Waals surface area contributed by atoms with Crippen LogP contribution in [0.1, 0.15) is 24.0 Å². The van der Waals surface area contributed by atoms with Crippen molar-refractivity contribution in [2.45, 2.75) is 18.4 Å². The van der Waals surface area contributed by atoms with Gasteiger partial charge in [-0.2, -0.15) is 0 Å². The van der Waals surface area contributed by atoms with Gasteiger partial charge in [0.1, 0.15) is 0 Å².